The first-order valence-corrected chi connectivity index (χ1v) is 9.43. The SMILES string of the molecule is CC1=C(Cc2ccccc2)CC(c2cccc3c2Cc2ccccc2-3)=C1. The fourth-order valence-electron chi connectivity index (χ4n) is 4.46. The maximum Gasteiger partial charge on any atom is -0.000740 e. The highest BCUT2D eigenvalue weighted by molar-refractivity contribution is 5.85. The monoisotopic (exact) mass is 334 g/mol. The second-order valence-corrected chi connectivity index (χ2v) is 7.46. The molecule has 0 radical (unpaired) electrons. The highest BCUT2D eigenvalue weighted by Gasteiger charge is 2.24. The van der Waals surface area contributed by atoms with E-state index in [9.17, 15) is 0 Å². The van der Waals surface area contributed by atoms with Crippen molar-refractivity contribution in [2.75, 3.05) is 0 Å². The van der Waals surface area contributed by atoms with Crippen LogP contribution in [0, 0.1) is 0 Å². The van der Waals surface area contributed by atoms with Crippen LogP contribution in [-0.2, 0) is 12.8 Å². The van der Waals surface area contributed by atoms with Gasteiger partial charge < -0.3 is 0 Å². The van der Waals surface area contributed by atoms with Gasteiger partial charge in [0.25, 0.3) is 0 Å². The Morgan fingerprint density at radius 2 is 1.42 bits per heavy atom. The number of rotatable bonds is 3. The summed E-state index contributed by atoms with van der Waals surface area (Å²) in [5.41, 5.74) is 13.1. The molecule has 126 valence electrons. The molecule has 5 rings (SSSR count). The largest absolute Gasteiger partial charge is 0.0622 e. The van der Waals surface area contributed by atoms with Crippen LogP contribution >= 0.6 is 0 Å². The smallest absolute Gasteiger partial charge is 0.000740 e. The van der Waals surface area contributed by atoms with E-state index in [4.69, 9.17) is 0 Å². The highest BCUT2D eigenvalue weighted by atomic mass is 14.3. The first-order valence-electron chi connectivity index (χ1n) is 9.43. The van der Waals surface area contributed by atoms with Crippen LogP contribution in [0.15, 0.2) is 90.0 Å². The molecule has 0 nitrogen and oxygen atoms in total. The fourth-order valence-corrected chi connectivity index (χ4v) is 4.46. The number of fused-ring (bicyclic) bond motifs is 3. The van der Waals surface area contributed by atoms with Crippen LogP contribution in [0.25, 0.3) is 16.7 Å². The van der Waals surface area contributed by atoms with Gasteiger partial charge in [-0.15, -0.1) is 0 Å². The Bertz CT molecular complexity index is 1050. The minimum atomic E-state index is 1.06. The van der Waals surface area contributed by atoms with E-state index in [1.807, 2.05) is 0 Å². The molecule has 0 aliphatic heterocycles. The van der Waals surface area contributed by atoms with Crippen LogP contribution in [0.2, 0.25) is 0 Å². The lowest BCUT2D eigenvalue weighted by Crippen LogP contribution is -1.94. The molecule has 3 aromatic carbocycles. The summed E-state index contributed by atoms with van der Waals surface area (Å²) < 4.78 is 0. The van der Waals surface area contributed by atoms with Gasteiger partial charge in [-0.25, -0.2) is 0 Å². The molecule has 0 spiro atoms. The van der Waals surface area contributed by atoms with E-state index in [1.54, 1.807) is 5.57 Å². The average molecular weight is 334 g/mol. The molecule has 0 atom stereocenters. The molecule has 0 heterocycles. The fraction of sp³-hybridized carbons (Fsp3) is 0.154. The van der Waals surface area contributed by atoms with E-state index >= 15 is 0 Å². The van der Waals surface area contributed by atoms with Gasteiger partial charge in [-0.3, -0.25) is 0 Å². The van der Waals surface area contributed by atoms with Gasteiger partial charge in [0.1, 0.15) is 0 Å². The highest BCUT2D eigenvalue weighted by Crippen LogP contribution is 2.43. The summed E-state index contributed by atoms with van der Waals surface area (Å²) in [5, 5.41) is 0. The van der Waals surface area contributed by atoms with Gasteiger partial charge in [-0.05, 0) is 65.1 Å². The summed E-state index contributed by atoms with van der Waals surface area (Å²) in [7, 11) is 0. The van der Waals surface area contributed by atoms with Crippen molar-refractivity contribution in [2.45, 2.75) is 26.2 Å². The van der Waals surface area contributed by atoms with Crippen molar-refractivity contribution < 1.29 is 0 Å². The first-order chi connectivity index (χ1) is 12.8. The summed E-state index contributed by atoms with van der Waals surface area (Å²) in [4.78, 5) is 0. The number of allylic oxidation sites excluding steroid dienone is 4. The van der Waals surface area contributed by atoms with Crippen molar-refractivity contribution in [1.29, 1.82) is 0 Å². The van der Waals surface area contributed by atoms with Crippen molar-refractivity contribution in [1.82, 2.24) is 0 Å². The molecule has 0 fully saturated rings. The molecule has 0 saturated carbocycles. The molecule has 3 aromatic rings. The van der Waals surface area contributed by atoms with Crippen LogP contribution in [0.5, 0.6) is 0 Å². The van der Waals surface area contributed by atoms with Crippen LogP contribution in [0.3, 0.4) is 0 Å². The van der Waals surface area contributed by atoms with E-state index < -0.39 is 0 Å². The third kappa shape index (κ3) is 2.54. The molecule has 0 bridgehead atoms. The minimum absolute atomic E-state index is 1.06. The van der Waals surface area contributed by atoms with Crippen LogP contribution in [-0.4, -0.2) is 0 Å². The summed E-state index contributed by atoms with van der Waals surface area (Å²) in [5.74, 6) is 0. The Kier molecular flexibility index (Phi) is 3.64. The Labute approximate surface area is 155 Å². The van der Waals surface area contributed by atoms with Gasteiger partial charge in [0, 0.05) is 0 Å². The molecule has 2 aliphatic carbocycles. The lowest BCUT2D eigenvalue weighted by atomic mass is 9.93. The van der Waals surface area contributed by atoms with Crippen LogP contribution in [0.1, 0.15) is 35.6 Å². The molecule has 0 amide bonds. The van der Waals surface area contributed by atoms with Gasteiger partial charge in [0.15, 0.2) is 0 Å². The summed E-state index contributed by atoms with van der Waals surface area (Å²) >= 11 is 0. The summed E-state index contributed by atoms with van der Waals surface area (Å²) in [6, 6.07) is 26.5. The molecule has 0 saturated heterocycles. The van der Waals surface area contributed by atoms with E-state index in [0.717, 1.165) is 19.3 Å². The lowest BCUT2D eigenvalue weighted by Gasteiger charge is -2.11. The summed E-state index contributed by atoms with van der Waals surface area (Å²) in [6.45, 7) is 2.27. The number of hydrogen-bond acceptors (Lipinski definition) is 0. The second kappa shape index (κ2) is 6.14. The quantitative estimate of drug-likeness (QED) is 0.396. The zero-order valence-corrected chi connectivity index (χ0v) is 15.1. The number of benzene rings is 3. The zero-order chi connectivity index (χ0) is 17.5. The predicted molar refractivity (Wildman–Crippen MR) is 110 cm³/mol. The Morgan fingerprint density at radius 1 is 0.692 bits per heavy atom. The third-order valence-corrected chi connectivity index (χ3v) is 5.81. The summed E-state index contributed by atoms with van der Waals surface area (Å²) in [6.07, 6.45) is 5.61. The van der Waals surface area contributed by atoms with E-state index in [2.05, 4.69) is 85.8 Å². The van der Waals surface area contributed by atoms with Crippen molar-refractivity contribution in [3.8, 4) is 11.1 Å². The molecule has 0 N–H and O–H groups in total. The molecular weight excluding hydrogens is 312 g/mol. The zero-order valence-electron chi connectivity index (χ0n) is 15.1. The molecule has 2 aliphatic rings. The van der Waals surface area contributed by atoms with Crippen molar-refractivity contribution >= 4 is 5.57 Å². The van der Waals surface area contributed by atoms with E-state index in [-0.39, 0.29) is 0 Å². The van der Waals surface area contributed by atoms with Crippen molar-refractivity contribution in [3.63, 3.8) is 0 Å². The maximum absolute atomic E-state index is 2.41. The molecule has 0 unspecified atom stereocenters. The Hall–Kier alpha value is -2.86. The van der Waals surface area contributed by atoms with Crippen molar-refractivity contribution in [3.05, 3.63) is 112 Å². The second-order valence-electron chi connectivity index (χ2n) is 7.46. The standard InChI is InChI=1S/C26H22/c1-18-14-22(16-21(18)15-19-8-3-2-4-9-19)24-12-7-13-25-23-11-6-5-10-20(23)17-26(24)25/h2-14H,15-17H2,1H3. The Balaban J connectivity index is 1.46. The predicted octanol–water partition coefficient (Wildman–Crippen LogP) is 6.60. The van der Waals surface area contributed by atoms with Gasteiger partial charge >= 0.3 is 0 Å². The van der Waals surface area contributed by atoms with Crippen LogP contribution in [0.4, 0.5) is 0 Å². The molecule has 26 heavy (non-hydrogen) atoms. The van der Waals surface area contributed by atoms with E-state index in [0.29, 0.717) is 0 Å². The van der Waals surface area contributed by atoms with Crippen LogP contribution < -0.4 is 0 Å². The van der Waals surface area contributed by atoms with Gasteiger partial charge in [-0.1, -0.05) is 90.0 Å². The van der Waals surface area contributed by atoms with Gasteiger partial charge in [-0.2, -0.15) is 0 Å². The topological polar surface area (TPSA) is 0 Å². The average Bonchev–Trinajstić information content (AvgIpc) is 3.23. The normalized spacial score (nSPS) is 15.0. The molecule has 0 aromatic heterocycles. The Morgan fingerprint density at radius 3 is 2.31 bits per heavy atom. The lowest BCUT2D eigenvalue weighted by molar-refractivity contribution is 1.07. The van der Waals surface area contributed by atoms with Crippen molar-refractivity contribution in [2.24, 2.45) is 0 Å². The van der Waals surface area contributed by atoms with Gasteiger partial charge in [0.05, 0.1) is 0 Å². The van der Waals surface area contributed by atoms with E-state index in [1.165, 1.54) is 44.5 Å². The van der Waals surface area contributed by atoms with Gasteiger partial charge in [0.2, 0.25) is 0 Å². The maximum atomic E-state index is 2.41. The number of hydrogen-bond donors (Lipinski definition) is 0. The molecular formula is C26H22. The minimum Gasteiger partial charge on any atom is -0.0622 e. The first kappa shape index (κ1) is 15.4. The third-order valence-electron chi connectivity index (χ3n) is 5.81. The molecule has 0 heteroatoms.